The Morgan fingerprint density at radius 3 is 2.38 bits per heavy atom. The third kappa shape index (κ3) is 8.23. The smallest absolute Gasteiger partial charge is 0.329 e. The van der Waals surface area contributed by atoms with Crippen LogP contribution in [-0.2, 0) is 9.53 Å². The van der Waals surface area contributed by atoms with Crippen molar-refractivity contribution in [3.63, 3.8) is 0 Å². The predicted molar refractivity (Wildman–Crippen MR) is 102 cm³/mol. The van der Waals surface area contributed by atoms with Crippen LogP contribution < -0.4 is 11.1 Å². The molecule has 4 nitrogen and oxygen atoms in total. The minimum absolute atomic E-state index is 0.209. The first-order valence-electron chi connectivity index (χ1n) is 9.17. The quantitative estimate of drug-likeness (QED) is 0.353. The van der Waals surface area contributed by atoms with Gasteiger partial charge in [-0.3, -0.25) is 0 Å². The van der Waals surface area contributed by atoms with Crippen LogP contribution in [0.3, 0.4) is 0 Å². The molecule has 0 radical (unpaired) electrons. The lowest BCUT2D eigenvalue weighted by atomic mass is 10.0. The largest absolute Gasteiger partial charge is 0.458 e. The highest BCUT2D eigenvalue weighted by atomic mass is 16.6. The zero-order valence-corrected chi connectivity index (χ0v) is 15.7. The molecule has 0 saturated heterocycles. The second-order valence-electron chi connectivity index (χ2n) is 7.37. The minimum atomic E-state index is -0.486. The van der Waals surface area contributed by atoms with E-state index >= 15 is 0 Å². The fraction of sp³-hybridized carbons (Fsp3) is 0.650. The number of nitrogens with two attached hydrogens (primary N) is 1. The summed E-state index contributed by atoms with van der Waals surface area (Å²) < 4.78 is 5.57. The molecule has 136 valence electrons. The number of para-hydroxylation sites is 2. The number of hydrogen-bond acceptors (Lipinski definition) is 4. The molecule has 0 bridgehead atoms. The molecule has 0 heterocycles. The number of ether oxygens (including phenoxy) is 1. The van der Waals surface area contributed by atoms with Gasteiger partial charge in [-0.1, -0.05) is 57.6 Å². The number of nitrogens with one attached hydrogen (secondary N) is 1. The van der Waals surface area contributed by atoms with Gasteiger partial charge in [0.25, 0.3) is 0 Å². The van der Waals surface area contributed by atoms with Gasteiger partial charge in [0.2, 0.25) is 0 Å². The Labute approximate surface area is 147 Å². The first kappa shape index (κ1) is 20.3. The second kappa shape index (κ2) is 10.2. The number of hydrogen-bond donors (Lipinski definition) is 2. The average Bonchev–Trinajstić information content (AvgIpc) is 2.49. The number of carbonyl (C=O) groups excluding carboxylic acids is 1. The topological polar surface area (TPSA) is 64.3 Å². The van der Waals surface area contributed by atoms with Crippen LogP contribution in [-0.4, -0.2) is 17.6 Å². The van der Waals surface area contributed by atoms with Gasteiger partial charge in [-0.25, -0.2) is 4.79 Å². The molecule has 1 aromatic rings. The van der Waals surface area contributed by atoms with E-state index in [0.717, 1.165) is 24.9 Å². The summed E-state index contributed by atoms with van der Waals surface area (Å²) in [4.78, 5) is 12.5. The van der Waals surface area contributed by atoms with E-state index < -0.39 is 5.60 Å². The molecule has 0 aliphatic heterocycles. The Morgan fingerprint density at radius 1 is 1.12 bits per heavy atom. The van der Waals surface area contributed by atoms with Crippen LogP contribution in [0.1, 0.15) is 72.6 Å². The van der Waals surface area contributed by atoms with Gasteiger partial charge in [0.15, 0.2) is 0 Å². The van der Waals surface area contributed by atoms with Crippen molar-refractivity contribution >= 4 is 17.3 Å². The zero-order chi connectivity index (χ0) is 18.0. The summed E-state index contributed by atoms with van der Waals surface area (Å²) >= 11 is 0. The number of rotatable bonds is 10. The highest BCUT2D eigenvalue weighted by molar-refractivity contribution is 5.81. The van der Waals surface area contributed by atoms with E-state index in [1.807, 2.05) is 45.0 Å². The first-order valence-corrected chi connectivity index (χ1v) is 9.17. The molecule has 0 aliphatic rings. The van der Waals surface area contributed by atoms with Gasteiger partial charge < -0.3 is 15.8 Å². The monoisotopic (exact) mass is 334 g/mol. The van der Waals surface area contributed by atoms with Crippen molar-refractivity contribution < 1.29 is 9.53 Å². The molecule has 0 aromatic heterocycles. The van der Waals surface area contributed by atoms with Crippen LogP contribution in [0.2, 0.25) is 0 Å². The van der Waals surface area contributed by atoms with Crippen molar-refractivity contribution in [2.45, 2.75) is 84.3 Å². The van der Waals surface area contributed by atoms with Crippen molar-refractivity contribution in [1.29, 1.82) is 0 Å². The minimum Gasteiger partial charge on any atom is -0.458 e. The Balaban J connectivity index is 2.62. The van der Waals surface area contributed by atoms with Crippen LogP contribution in [0.25, 0.3) is 0 Å². The van der Waals surface area contributed by atoms with Gasteiger partial charge in [0.05, 0.1) is 11.4 Å². The average molecular weight is 335 g/mol. The van der Waals surface area contributed by atoms with E-state index in [2.05, 4.69) is 12.2 Å². The fourth-order valence-corrected chi connectivity index (χ4v) is 2.57. The number of carbonyl (C=O) groups is 1. The van der Waals surface area contributed by atoms with Crippen LogP contribution in [0.4, 0.5) is 11.4 Å². The van der Waals surface area contributed by atoms with Crippen LogP contribution >= 0.6 is 0 Å². The molecule has 1 unspecified atom stereocenters. The van der Waals surface area contributed by atoms with Gasteiger partial charge in [-0.15, -0.1) is 0 Å². The standard InChI is InChI=1S/C20H34N2O2/c1-5-6-7-8-9-10-15-18(19(23)24-20(2,3)4)22-17-14-12-11-13-16(17)21/h11-14,18,22H,5-10,15,21H2,1-4H3. The van der Waals surface area contributed by atoms with E-state index in [1.54, 1.807) is 0 Å². The molecular weight excluding hydrogens is 300 g/mol. The Hall–Kier alpha value is -1.71. The fourth-order valence-electron chi connectivity index (χ4n) is 2.57. The second-order valence-corrected chi connectivity index (χ2v) is 7.37. The third-order valence-electron chi connectivity index (χ3n) is 3.83. The van der Waals surface area contributed by atoms with E-state index in [1.165, 1.54) is 25.7 Å². The van der Waals surface area contributed by atoms with Gasteiger partial charge in [0, 0.05) is 0 Å². The molecule has 0 spiro atoms. The maximum absolute atomic E-state index is 12.5. The highest BCUT2D eigenvalue weighted by Gasteiger charge is 2.25. The highest BCUT2D eigenvalue weighted by Crippen LogP contribution is 2.21. The van der Waals surface area contributed by atoms with E-state index in [9.17, 15) is 4.79 Å². The molecule has 1 rings (SSSR count). The number of benzene rings is 1. The lowest BCUT2D eigenvalue weighted by Crippen LogP contribution is -2.36. The van der Waals surface area contributed by atoms with Gasteiger partial charge in [-0.05, 0) is 39.3 Å². The Kier molecular flexibility index (Phi) is 8.66. The molecule has 1 aromatic carbocycles. The van der Waals surface area contributed by atoms with E-state index in [4.69, 9.17) is 10.5 Å². The summed E-state index contributed by atoms with van der Waals surface area (Å²) in [6.45, 7) is 7.89. The molecule has 0 amide bonds. The Bertz CT molecular complexity index is 495. The van der Waals surface area contributed by atoms with Crippen molar-refractivity contribution in [3.05, 3.63) is 24.3 Å². The molecule has 24 heavy (non-hydrogen) atoms. The van der Waals surface area contributed by atoms with Crippen molar-refractivity contribution in [3.8, 4) is 0 Å². The predicted octanol–water partition coefficient (Wildman–Crippen LogP) is 5.14. The summed E-state index contributed by atoms with van der Waals surface area (Å²) in [7, 11) is 0. The molecule has 3 N–H and O–H groups in total. The molecule has 0 aliphatic carbocycles. The summed E-state index contributed by atoms with van der Waals surface area (Å²) in [6.07, 6.45) is 7.94. The van der Waals surface area contributed by atoms with Crippen molar-refractivity contribution in [1.82, 2.24) is 0 Å². The summed E-state index contributed by atoms with van der Waals surface area (Å²) in [5.41, 5.74) is 6.94. The molecule has 0 fully saturated rings. The van der Waals surface area contributed by atoms with E-state index in [-0.39, 0.29) is 12.0 Å². The number of unbranched alkanes of at least 4 members (excludes halogenated alkanes) is 5. The molecule has 1 atom stereocenters. The summed E-state index contributed by atoms with van der Waals surface area (Å²) in [6, 6.07) is 7.17. The number of nitrogen functional groups attached to an aromatic ring is 1. The summed E-state index contributed by atoms with van der Waals surface area (Å²) in [5.74, 6) is -0.209. The lowest BCUT2D eigenvalue weighted by Gasteiger charge is -2.25. The number of anilines is 2. The van der Waals surface area contributed by atoms with Crippen LogP contribution in [0.15, 0.2) is 24.3 Å². The molecular formula is C20H34N2O2. The lowest BCUT2D eigenvalue weighted by molar-refractivity contribution is -0.156. The first-order chi connectivity index (χ1) is 11.3. The maximum Gasteiger partial charge on any atom is 0.329 e. The third-order valence-corrected chi connectivity index (χ3v) is 3.83. The zero-order valence-electron chi connectivity index (χ0n) is 15.7. The van der Waals surface area contributed by atoms with Crippen molar-refractivity contribution in [2.75, 3.05) is 11.1 Å². The number of esters is 1. The van der Waals surface area contributed by atoms with Gasteiger partial charge >= 0.3 is 5.97 Å². The summed E-state index contributed by atoms with van der Waals surface area (Å²) in [5, 5.41) is 3.27. The normalized spacial score (nSPS) is 12.7. The maximum atomic E-state index is 12.5. The van der Waals surface area contributed by atoms with Crippen LogP contribution in [0.5, 0.6) is 0 Å². The van der Waals surface area contributed by atoms with Gasteiger partial charge in [-0.2, -0.15) is 0 Å². The van der Waals surface area contributed by atoms with Crippen molar-refractivity contribution in [2.24, 2.45) is 0 Å². The molecule has 0 saturated carbocycles. The van der Waals surface area contributed by atoms with Gasteiger partial charge in [0.1, 0.15) is 11.6 Å². The molecule has 4 heteroatoms. The van der Waals surface area contributed by atoms with E-state index in [0.29, 0.717) is 5.69 Å². The SMILES string of the molecule is CCCCCCCCC(Nc1ccccc1N)C(=O)OC(C)(C)C. The Morgan fingerprint density at radius 2 is 1.75 bits per heavy atom. The van der Waals surface area contributed by atoms with Crippen LogP contribution in [0, 0.1) is 0 Å².